The minimum absolute atomic E-state index is 0.00582. The molecule has 0 aliphatic carbocycles. The van der Waals surface area contributed by atoms with E-state index >= 15 is 0 Å². The number of anilines is 2. The first-order chi connectivity index (χ1) is 9.04. The quantitative estimate of drug-likeness (QED) is 0.774. The number of nitrogens with zero attached hydrogens (tertiary/aromatic N) is 3. The number of hydrogen-bond acceptors (Lipinski definition) is 6. The van der Waals surface area contributed by atoms with Gasteiger partial charge in [-0.2, -0.15) is 0 Å². The fourth-order valence-corrected chi connectivity index (χ4v) is 1.83. The molecular weight excluding hydrogens is 246 g/mol. The number of carbonyl (C=O) groups excluding carboxylic acids is 1. The molecule has 7 heteroatoms. The van der Waals surface area contributed by atoms with E-state index in [1.165, 1.54) is 6.33 Å². The Balaban J connectivity index is 2.93. The summed E-state index contributed by atoms with van der Waals surface area (Å²) >= 11 is 0. The number of amides is 1. The van der Waals surface area contributed by atoms with Gasteiger partial charge in [-0.3, -0.25) is 4.79 Å². The van der Waals surface area contributed by atoms with Crippen molar-refractivity contribution >= 4 is 17.5 Å². The summed E-state index contributed by atoms with van der Waals surface area (Å²) in [5.74, 6) is 1.68. The van der Waals surface area contributed by atoms with Gasteiger partial charge in [0.05, 0.1) is 13.0 Å². The molecule has 0 fully saturated rings. The number of methoxy groups -OCH3 is 1. The molecule has 0 bridgehead atoms. The number of carbonyl (C=O) groups is 1. The molecule has 2 N–H and O–H groups in total. The Morgan fingerprint density at radius 1 is 1.47 bits per heavy atom. The molecule has 106 valence electrons. The summed E-state index contributed by atoms with van der Waals surface area (Å²) in [4.78, 5) is 21.7. The molecule has 1 atom stereocenters. The molecule has 0 aliphatic heterocycles. The van der Waals surface area contributed by atoms with Crippen LogP contribution >= 0.6 is 0 Å². The van der Waals surface area contributed by atoms with Crippen LogP contribution in [0.2, 0.25) is 0 Å². The average Bonchev–Trinajstić information content (AvgIpc) is 2.44. The smallest absolute Gasteiger partial charge is 0.224 e. The summed E-state index contributed by atoms with van der Waals surface area (Å²) in [6.45, 7) is 2.40. The van der Waals surface area contributed by atoms with Gasteiger partial charge >= 0.3 is 0 Å². The van der Waals surface area contributed by atoms with E-state index in [4.69, 9.17) is 4.74 Å². The zero-order valence-corrected chi connectivity index (χ0v) is 12.0. The lowest BCUT2D eigenvalue weighted by Crippen LogP contribution is -2.34. The normalized spacial score (nSPS) is 11.6. The predicted octanol–water partition coefficient (Wildman–Crippen LogP) is 0.345. The third-order valence-corrected chi connectivity index (χ3v) is 2.83. The molecule has 7 nitrogen and oxygen atoms in total. The molecule has 0 saturated carbocycles. The van der Waals surface area contributed by atoms with Crippen molar-refractivity contribution in [3.63, 3.8) is 0 Å². The van der Waals surface area contributed by atoms with Gasteiger partial charge in [0.1, 0.15) is 6.33 Å². The summed E-state index contributed by atoms with van der Waals surface area (Å²) in [5, 5.41) is 5.58. The van der Waals surface area contributed by atoms with Crippen LogP contribution in [0.25, 0.3) is 0 Å². The summed E-state index contributed by atoms with van der Waals surface area (Å²) in [6, 6.07) is 0. The van der Waals surface area contributed by atoms with Crippen molar-refractivity contribution < 1.29 is 9.53 Å². The zero-order chi connectivity index (χ0) is 14.4. The lowest BCUT2D eigenvalue weighted by molar-refractivity contribution is -0.123. The van der Waals surface area contributed by atoms with Crippen molar-refractivity contribution in [1.29, 1.82) is 0 Å². The van der Waals surface area contributed by atoms with Gasteiger partial charge in [0.2, 0.25) is 11.7 Å². The molecule has 1 heterocycles. The molecule has 0 aliphatic rings. The van der Waals surface area contributed by atoms with Gasteiger partial charge in [0, 0.05) is 27.7 Å². The molecule has 1 amide bonds. The Morgan fingerprint density at radius 3 is 2.68 bits per heavy atom. The van der Waals surface area contributed by atoms with Crippen LogP contribution in [0, 0.1) is 5.92 Å². The molecule has 1 rings (SSSR count). The van der Waals surface area contributed by atoms with Crippen LogP contribution in [-0.4, -0.2) is 50.7 Å². The van der Waals surface area contributed by atoms with Crippen LogP contribution < -0.4 is 20.3 Å². The molecule has 19 heavy (non-hydrogen) atoms. The van der Waals surface area contributed by atoms with Crippen LogP contribution in [0.1, 0.15) is 6.92 Å². The minimum Gasteiger partial charge on any atom is -0.490 e. The highest BCUT2D eigenvalue weighted by Gasteiger charge is 2.19. The van der Waals surface area contributed by atoms with Crippen LogP contribution in [0.15, 0.2) is 6.33 Å². The Hall–Kier alpha value is -2.05. The van der Waals surface area contributed by atoms with E-state index in [0.717, 1.165) is 0 Å². The molecule has 0 aromatic carbocycles. The van der Waals surface area contributed by atoms with Gasteiger partial charge in [-0.25, -0.2) is 9.97 Å². The summed E-state index contributed by atoms with van der Waals surface area (Å²) in [6.07, 6.45) is 1.46. The first-order valence-corrected chi connectivity index (χ1v) is 6.04. The third kappa shape index (κ3) is 3.46. The first-order valence-electron chi connectivity index (χ1n) is 6.04. The lowest BCUT2D eigenvalue weighted by atomic mass is 10.1. The number of ether oxygens (including phenoxy) is 1. The van der Waals surface area contributed by atoms with E-state index in [0.29, 0.717) is 23.9 Å². The third-order valence-electron chi connectivity index (χ3n) is 2.83. The minimum atomic E-state index is -0.146. The standard InChI is InChI=1S/C12H21N5O2/c1-8(12(18)14-3)6-17(4)11-9(19-5)10(13-2)15-7-16-11/h7-8H,6H2,1-5H3,(H,14,18)(H,13,15,16). The van der Waals surface area contributed by atoms with Crippen LogP contribution in [0.4, 0.5) is 11.6 Å². The second kappa shape index (κ2) is 6.77. The molecule has 0 radical (unpaired) electrons. The fourth-order valence-electron chi connectivity index (χ4n) is 1.83. The average molecular weight is 267 g/mol. The number of aromatic nitrogens is 2. The monoisotopic (exact) mass is 267 g/mol. The van der Waals surface area contributed by atoms with Crippen molar-refractivity contribution in [3.05, 3.63) is 6.33 Å². The van der Waals surface area contributed by atoms with Crippen LogP contribution in [-0.2, 0) is 4.79 Å². The Labute approximate surface area is 113 Å². The summed E-state index contributed by atoms with van der Waals surface area (Å²) < 4.78 is 5.33. The van der Waals surface area contributed by atoms with Crippen LogP contribution in [0.5, 0.6) is 5.75 Å². The Morgan fingerprint density at radius 2 is 2.16 bits per heavy atom. The predicted molar refractivity (Wildman–Crippen MR) is 74.6 cm³/mol. The van der Waals surface area contributed by atoms with Gasteiger partial charge in [-0.1, -0.05) is 6.92 Å². The van der Waals surface area contributed by atoms with Crippen molar-refractivity contribution in [2.75, 3.05) is 45.0 Å². The van der Waals surface area contributed by atoms with Crippen LogP contribution in [0.3, 0.4) is 0 Å². The number of nitrogens with one attached hydrogen (secondary N) is 2. The maximum Gasteiger partial charge on any atom is 0.224 e. The SMILES string of the molecule is CNC(=O)C(C)CN(C)c1ncnc(NC)c1OC. The molecule has 0 saturated heterocycles. The summed E-state index contributed by atoms with van der Waals surface area (Å²) in [7, 11) is 6.83. The zero-order valence-electron chi connectivity index (χ0n) is 12.0. The van der Waals surface area contributed by atoms with Gasteiger partial charge < -0.3 is 20.3 Å². The van der Waals surface area contributed by atoms with Gasteiger partial charge in [-0.15, -0.1) is 0 Å². The topological polar surface area (TPSA) is 79.4 Å². The Bertz CT molecular complexity index is 438. The first kappa shape index (κ1) is 15.0. The lowest BCUT2D eigenvalue weighted by Gasteiger charge is -2.23. The molecule has 1 aromatic heterocycles. The van der Waals surface area contributed by atoms with E-state index in [1.54, 1.807) is 21.2 Å². The molecular formula is C12H21N5O2. The maximum absolute atomic E-state index is 11.5. The van der Waals surface area contributed by atoms with Crippen molar-refractivity contribution in [3.8, 4) is 5.75 Å². The van der Waals surface area contributed by atoms with Crippen molar-refractivity contribution in [2.45, 2.75) is 6.92 Å². The molecule has 1 unspecified atom stereocenters. The van der Waals surface area contributed by atoms with Gasteiger partial charge in [0.25, 0.3) is 0 Å². The van der Waals surface area contributed by atoms with E-state index in [9.17, 15) is 4.79 Å². The van der Waals surface area contributed by atoms with E-state index in [-0.39, 0.29) is 11.8 Å². The highest BCUT2D eigenvalue weighted by molar-refractivity contribution is 5.78. The highest BCUT2D eigenvalue weighted by Crippen LogP contribution is 2.31. The fraction of sp³-hybridized carbons (Fsp3) is 0.583. The van der Waals surface area contributed by atoms with E-state index in [1.807, 2.05) is 18.9 Å². The van der Waals surface area contributed by atoms with Crippen molar-refractivity contribution in [2.24, 2.45) is 5.92 Å². The largest absolute Gasteiger partial charge is 0.490 e. The Kier molecular flexibility index (Phi) is 5.35. The number of rotatable bonds is 6. The molecule has 0 spiro atoms. The maximum atomic E-state index is 11.5. The summed E-state index contributed by atoms with van der Waals surface area (Å²) in [5.41, 5.74) is 0. The van der Waals surface area contributed by atoms with E-state index in [2.05, 4.69) is 20.6 Å². The van der Waals surface area contributed by atoms with E-state index < -0.39 is 0 Å². The highest BCUT2D eigenvalue weighted by atomic mass is 16.5. The van der Waals surface area contributed by atoms with Gasteiger partial charge in [-0.05, 0) is 0 Å². The second-order valence-electron chi connectivity index (χ2n) is 4.22. The van der Waals surface area contributed by atoms with Gasteiger partial charge in [0.15, 0.2) is 11.6 Å². The number of hydrogen-bond donors (Lipinski definition) is 2. The second-order valence-corrected chi connectivity index (χ2v) is 4.22. The molecule has 1 aromatic rings. The van der Waals surface area contributed by atoms with Crippen molar-refractivity contribution in [1.82, 2.24) is 15.3 Å².